The average Bonchev–Trinajstić information content (AvgIpc) is 2.34. The summed E-state index contributed by atoms with van der Waals surface area (Å²) >= 11 is 1.91. The number of hydrogen-bond acceptors (Lipinski definition) is 2. The second-order valence-electron chi connectivity index (χ2n) is 4.06. The van der Waals surface area contributed by atoms with E-state index < -0.39 is 0 Å². The Kier molecular flexibility index (Phi) is 6.58. The molecule has 0 aliphatic rings. The molecule has 1 N–H and O–H groups in total. The van der Waals surface area contributed by atoms with Crippen molar-refractivity contribution in [2.45, 2.75) is 32.7 Å². The van der Waals surface area contributed by atoms with Crippen LogP contribution in [0.15, 0.2) is 24.3 Å². The maximum absolute atomic E-state index is 3.62. The van der Waals surface area contributed by atoms with E-state index in [4.69, 9.17) is 0 Å². The van der Waals surface area contributed by atoms with E-state index in [2.05, 4.69) is 49.7 Å². The van der Waals surface area contributed by atoms with Gasteiger partial charge in [0.05, 0.1) is 0 Å². The van der Waals surface area contributed by atoms with E-state index in [0.29, 0.717) is 6.04 Å². The maximum atomic E-state index is 3.62. The predicted octanol–water partition coefficient (Wildman–Crippen LogP) is 3.65. The summed E-state index contributed by atoms with van der Waals surface area (Å²) in [6, 6.07) is 9.46. The summed E-state index contributed by atoms with van der Waals surface area (Å²) in [6.45, 7) is 5.52. The molecule has 0 aliphatic heterocycles. The zero-order valence-electron chi connectivity index (χ0n) is 10.6. The molecule has 2 heteroatoms. The SMILES string of the molecule is CCCNC(CSC)c1cccc(CC)c1. The average molecular weight is 237 g/mol. The van der Waals surface area contributed by atoms with Crippen LogP contribution in [0.3, 0.4) is 0 Å². The van der Waals surface area contributed by atoms with Crippen LogP contribution in [0, 0.1) is 0 Å². The van der Waals surface area contributed by atoms with Crippen LogP contribution < -0.4 is 5.32 Å². The van der Waals surface area contributed by atoms with Gasteiger partial charge in [0.1, 0.15) is 0 Å². The fourth-order valence-electron chi connectivity index (χ4n) is 1.79. The molecule has 90 valence electrons. The van der Waals surface area contributed by atoms with Crippen molar-refractivity contribution >= 4 is 11.8 Å². The number of hydrogen-bond donors (Lipinski definition) is 1. The minimum absolute atomic E-state index is 0.501. The van der Waals surface area contributed by atoms with Crippen LogP contribution in [0.25, 0.3) is 0 Å². The van der Waals surface area contributed by atoms with Gasteiger partial charge in [-0.1, -0.05) is 38.1 Å². The summed E-state index contributed by atoms with van der Waals surface area (Å²) in [6.07, 6.45) is 4.48. The van der Waals surface area contributed by atoms with Crippen molar-refractivity contribution in [1.82, 2.24) is 5.32 Å². The Morgan fingerprint density at radius 1 is 1.31 bits per heavy atom. The molecule has 16 heavy (non-hydrogen) atoms. The molecule has 0 heterocycles. The molecule has 0 saturated heterocycles. The fraction of sp³-hybridized carbons (Fsp3) is 0.571. The molecule has 1 nitrogen and oxygen atoms in total. The van der Waals surface area contributed by atoms with E-state index >= 15 is 0 Å². The summed E-state index contributed by atoms with van der Waals surface area (Å²) in [7, 11) is 0. The topological polar surface area (TPSA) is 12.0 Å². The third-order valence-corrected chi connectivity index (χ3v) is 3.40. The number of nitrogens with one attached hydrogen (secondary N) is 1. The van der Waals surface area contributed by atoms with Gasteiger partial charge in [0.2, 0.25) is 0 Å². The second kappa shape index (κ2) is 7.75. The Hall–Kier alpha value is -0.470. The third-order valence-electron chi connectivity index (χ3n) is 2.74. The third kappa shape index (κ3) is 4.18. The van der Waals surface area contributed by atoms with Gasteiger partial charge in [0.25, 0.3) is 0 Å². The normalized spacial score (nSPS) is 12.7. The second-order valence-corrected chi connectivity index (χ2v) is 4.97. The molecule has 0 spiro atoms. The summed E-state index contributed by atoms with van der Waals surface area (Å²) in [4.78, 5) is 0. The van der Waals surface area contributed by atoms with Crippen molar-refractivity contribution < 1.29 is 0 Å². The molecule has 1 aromatic rings. The lowest BCUT2D eigenvalue weighted by Gasteiger charge is -2.18. The highest BCUT2D eigenvalue weighted by Gasteiger charge is 2.09. The first-order chi connectivity index (χ1) is 7.81. The zero-order valence-corrected chi connectivity index (χ0v) is 11.4. The molecule has 0 saturated carbocycles. The molecular weight excluding hydrogens is 214 g/mol. The lowest BCUT2D eigenvalue weighted by atomic mass is 10.0. The molecule has 1 atom stereocenters. The summed E-state index contributed by atoms with van der Waals surface area (Å²) < 4.78 is 0. The van der Waals surface area contributed by atoms with Crippen LogP contribution in [0.1, 0.15) is 37.4 Å². The van der Waals surface area contributed by atoms with Crippen molar-refractivity contribution in [1.29, 1.82) is 0 Å². The Labute approximate surface area is 104 Å². The van der Waals surface area contributed by atoms with Gasteiger partial charge in [-0.25, -0.2) is 0 Å². The van der Waals surface area contributed by atoms with Crippen molar-refractivity contribution in [2.24, 2.45) is 0 Å². The Morgan fingerprint density at radius 2 is 2.12 bits per heavy atom. The quantitative estimate of drug-likeness (QED) is 0.777. The maximum Gasteiger partial charge on any atom is 0.0411 e. The number of thioether (sulfide) groups is 1. The van der Waals surface area contributed by atoms with E-state index in [-0.39, 0.29) is 0 Å². The number of aryl methyl sites for hydroxylation is 1. The lowest BCUT2D eigenvalue weighted by Crippen LogP contribution is -2.24. The van der Waals surface area contributed by atoms with Crippen LogP contribution in [-0.4, -0.2) is 18.6 Å². The van der Waals surface area contributed by atoms with E-state index in [0.717, 1.165) is 18.7 Å². The van der Waals surface area contributed by atoms with Crippen molar-refractivity contribution in [2.75, 3.05) is 18.6 Å². The first kappa shape index (κ1) is 13.6. The summed E-state index contributed by atoms with van der Waals surface area (Å²) in [5.74, 6) is 1.15. The van der Waals surface area contributed by atoms with E-state index in [1.54, 1.807) is 0 Å². The molecule has 1 unspecified atom stereocenters. The molecule has 0 aliphatic carbocycles. The minimum Gasteiger partial charge on any atom is -0.309 e. The highest BCUT2D eigenvalue weighted by Crippen LogP contribution is 2.18. The van der Waals surface area contributed by atoms with Crippen molar-refractivity contribution in [3.05, 3.63) is 35.4 Å². The van der Waals surface area contributed by atoms with Gasteiger partial charge < -0.3 is 5.32 Å². The molecule has 0 radical (unpaired) electrons. The largest absolute Gasteiger partial charge is 0.309 e. The molecule has 0 amide bonds. The van der Waals surface area contributed by atoms with Crippen LogP contribution in [-0.2, 0) is 6.42 Å². The monoisotopic (exact) mass is 237 g/mol. The summed E-state index contributed by atoms with van der Waals surface area (Å²) in [5.41, 5.74) is 2.86. The Morgan fingerprint density at radius 3 is 2.75 bits per heavy atom. The molecule has 0 bridgehead atoms. The number of rotatable bonds is 7. The lowest BCUT2D eigenvalue weighted by molar-refractivity contribution is 0.577. The minimum atomic E-state index is 0.501. The highest BCUT2D eigenvalue weighted by molar-refractivity contribution is 7.98. The fourth-order valence-corrected chi connectivity index (χ4v) is 2.43. The Balaban J connectivity index is 2.73. The van der Waals surface area contributed by atoms with Gasteiger partial charge in [-0.05, 0) is 36.8 Å². The van der Waals surface area contributed by atoms with E-state index in [1.807, 2.05) is 11.8 Å². The van der Waals surface area contributed by atoms with Crippen molar-refractivity contribution in [3.63, 3.8) is 0 Å². The first-order valence-electron chi connectivity index (χ1n) is 6.13. The van der Waals surface area contributed by atoms with Crippen LogP contribution >= 0.6 is 11.8 Å². The van der Waals surface area contributed by atoms with Crippen LogP contribution in [0.2, 0.25) is 0 Å². The van der Waals surface area contributed by atoms with E-state index in [9.17, 15) is 0 Å². The standard InChI is InChI=1S/C14H23NS/c1-4-9-15-14(11-16-3)13-8-6-7-12(5-2)10-13/h6-8,10,14-15H,4-5,9,11H2,1-3H3. The van der Waals surface area contributed by atoms with Gasteiger partial charge in [0, 0.05) is 11.8 Å². The van der Waals surface area contributed by atoms with Crippen molar-refractivity contribution in [3.8, 4) is 0 Å². The molecular formula is C14H23NS. The zero-order chi connectivity index (χ0) is 11.8. The van der Waals surface area contributed by atoms with Crippen LogP contribution in [0.4, 0.5) is 0 Å². The summed E-state index contributed by atoms with van der Waals surface area (Å²) in [5, 5.41) is 3.62. The first-order valence-corrected chi connectivity index (χ1v) is 7.52. The molecule has 1 rings (SSSR count). The molecule has 1 aromatic carbocycles. The highest BCUT2D eigenvalue weighted by atomic mass is 32.2. The molecule has 0 aromatic heterocycles. The van der Waals surface area contributed by atoms with Gasteiger partial charge >= 0.3 is 0 Å². The van der Waals surface area contributed by atoms with Gasteiger partial charge in [-0.2, -0.15) is 11.8 Å². The van der Waals surface area contributed by atoms with Crippen LogP contribution in [0.5, 0.6) is 0 Å². The van der Waals surface area contributed by atoms with Gasteiger partial charge in [-0.15, -0.1) is 0 Å². The predicted molar refractivity (Wildman–Crippen MR) is 75.2 cm³/mol. The Bertz CT molecular complexity index is 299. The van der Waals surface area contributed by atoms with Gasteiger partial charge in [-0.3, -0.25) is 0 Å². The number of benzene rings is 1. The van der Waals surface area contributed by atoms with Gasteiger partial charge in [0.15, 0.2) is 0 Å². The molecule has 0 fully saturated rings. The van der Waals surface area contributed by atoms with E-state index in [1.165, 1.54) is 17.5 Å². The smallest absolute Gasteiger partial charge is 0.0411 e.